The molecule has 4 nitrogen and oxygen atoms in total. The van der Waals surface area contributed by atoms with Crippen molar-refractivity contribution < 1.29 is 18.7 Å². The largest absolute Gasteiger partial charge is 0.486 e. The number of nitrogens with one attached hydrogen (secondary N) is 1. The van der Waals surface area contributed by atoms with Crippen LogP contribution in [-0.4, -0.2) is 25.7 Å². The molecule has 1 amide bonds. The molecular weight excluding hydrogens is 321 g/mol. The maximum absolute atomic E-state index is 13.7. The summed E-state index contributed by atoms with van der Waals surface area (Å²) in [5.74, 6) is 1.04. The molecule has 1 aliphatic carbocycles. The van der Waals surface area contributed by atoms with Gasteiger partial charge >= 0.3 is 0 Å². The lowest BCUT2D eigenvalue weighted by molar-refractivity contribution is -0.120. The minimum absolute atomic E-state index is 0.0409. The average molecular weight is 341 g/mol. The van der Waals surface area contributed by atoms with Crippen molar-refractivity contribution in [1.82, 2.24) is 5.32 Å². The Labute approximate surface area is 146 Å². The smallest absolute Gasteiger partial charge is 0.224 e. The molecule has 0 bridgehead atoms. The molecule has 1 saturated carbocycles. The van der Waals surface area contributed by atoms with Gasteiger partial charge < -0.3 is 14.8 Å². The van der Waals surface area contributed by atoms with E-state index in [0.717, 1.165) is 29.9 Å². The number of fused-ring (bicyclic) bond motifs is 1. The van der Waals surface area contributed by atoms with Crippen LogP contribution in [0, 0.1) is 5.82 Å². The van der Waals surface area contributed by atoms with Gasteiger partial charge in [0.2, 0.25) is 5.91 Å². The molecule has 5 heteroatoms. The van der Waals surface area contributed by atoms with Gasteiger partial charge in [-0.2, -0.15) is 0 Å². The van der Waals surface area contributed by atoms with E-state index < -0.39 is 0 Å². The number of carbonyl (C=O) groups is 1. The van der Waals surface area contributed by atoms with Gasteiger partial charge in [-0.15, -0.1) is 0 Å². The highest BCUT2D eigenvalue weighted by molar-refractivity contribution is 5.78. The highest BCUT2D eigenvalue weighted by Crippen LogP contribution is 2.49. The minimum Gasteiger partial charge on any atom is -0.486 e. The number of carbonyl (C=O) groups excluding carboxylic acids is 1. The zero-order valence-corrected chi connectivity index (χ0v) is 13.9. The van der Waals surface area contributed by atoms with Crippen LogP contribution in [0.2, 0.25) is 0 Å². The van der Waals surface area contributed by atoms with Crippen LogP contribution in [0.4, 0.5) is 4.39 Å². The molecule has 2 aromatic rings. The second-order valence-electron chi connectivity index (χ2n) is 6.68. The van der Waals surface area contributed by atoms with Gasteiger partial charge in [0.15, 0.2) is 11.5 Å². The topological polar surface area (TPSA) is 47.6 Å². The van der Waals surface area contributed by atoms with Crippen LogP contribution in [-0.2, 0) is 16.6 Å². The Morgan fingerprint density at radius 3 is 2.60 bits per heavy atom. The van der Waals surface area contributed by atoms with Crippen molar-refractivity contribution in [3.05, 3.63) is 59.4 Å². The van der Waals surface area contributed by atoms with Gasteiger partial charge in [-0.3, -0.25) is 4.79 Å². The molecule has 1 aliphatic heterocycles. The molecule has 1 fully saturated rings. The van der Waals surface area contributed by atoms with E-state index in [9.17, 15) is 9.18 Å². The Morgan fingerprint density at radius 1 is 1.08 bits per heavy atom. The van der Waals surface area contributed by atoms with Crippen molar-refractivity contribution >= 4 is 5.91 Å². The Morgan fingerprint density at radius 2 is 1.84 bits per heavy atom. The summed E-state index contributed by atoms with van der Waals surface area (Å²) in [6.07, 6.45) is 2.10. The Kier molecular flexibility index (Phi) is 4.07. The fourth-order valence-electron chi connectivity index (χ4n) is 3.24. The summed E-state index contributed by atoms with van der Waals surface area (Å²) in [6.45, 7) is 1.69. The molecule has 25 heavy (non-hydrogen) atoms. The molecular formula is C20H20FNO3. The Hall–Kier alpha value is -2.56. The predicted octanol–water partition coefficient (Wildman–Crippen LogP) is 2.99. The van der Waals surface area contributed by atoms with Crippen molar-refractivity contribution in [2.45, 2.75) is 24.7 Å². The fourth-order valence-corrected chi connectivity index (χ4v) is 3.24. The second kappa shape index (κ2) is 6.39. The maximum Gasteiger partial charge on any atom is 0.224 e. The first-order chi connectivity index (χ1) is 12.2. The zero-order valence-electron chi connectivity index (χ0n) is 13.9. The first kappa shape index (κ1) is 15.9. The summed E-state index contributed by atoms with van der Waals surface area (Å²) in [4.78, 5) is 12.2. The van der Waals surface area contributed by atoms with E-state index in [0.29, 0.717) is 25.3 Å². The van der Waals surface area contributed by atoms with Gasteiger partial charge in [-0.25, -0.2) is 4.39 Å². The number of hydrogen-bond donors (Lipinski definition) is 1. The van der Waals surface area contributed by atoms with Gasteiger partial charge in [0.25, 0.3) is 0 Å². The number of amides is 1. The second-order valence-corrected chi connectivity index (χ2v) is 6.68. The molecule has 1 heterocycles. The first-order valence-electron chi connectivity index (χ1n) is 8.57. The third-order valence-corrected chi connectivity index (χ3v) is 4.94. The fraction of sp³-hybridized carbons (Fsp3) is 0.350. The van der Waals surface area contributed by atoms with E-state index in [2.05, 4.69) is 5.32 Å². The van der Waals surface area contributed by atoms with Gasteiger partial charge in [-0.05, 0) is 42.2 Å². The van der Waals surface area contributed by atoms with Crippen LogP contribution >= 0.6 is 0 Å². The molecule has 0 unspecified atom stereocenters. The highest BCUT2D eigenvalue weighted by Gasteiger charge is 2.44. The SMILES string of the molecule is O=C(Cc1ccccc1F)NCC1(c2ccc3c(c2)OCCO3)CC1. The molecule has 0 atom stereocenters. The number of hydrogen-bond acceptors (Lipinski definition) is 3. The quantitative estimate of drug-likeness (QED) is 0.909. The lowest BCUT2D eigenvalue weighted by Gasteiger charge is -2.22. The standard InChI is InChI=1S/C20H20FNO3/c21-16-4-2-1-3-14(16)11-19(23)22-13-20(7-8-20)15-5-6-17-18(12-15)25-10-9-24-17/h1-6,12H,7-11,13H2,(H,22,23). The van der Waals surface area contributed by atoms with Crippen molar-refractivity contribution in [1.29, 1.82) is 0 Å². The summed E-state index contributed by atoms with van der Waals surface area (Å²) in [5, 5.41) is 2.96. The molecule has 0 spiro atoms. The number of ether oxygens (including phenoxy) is 2. The van der Waals surface area contributed by atoms with Crippen LogP contribution in [0.3, 0.4) is 0 Å². The summed E-state index contributed by atoms with van der Waals surface area (Å²) >= 11 is 0. The molecule has 4 rings (SSSR count). The maximum atomic E-state index is 13.7. The van der Waals surface area contributed by atoms with Crippen LogP contribution in [0.5, 0.6) is 11.5 Å². The zero-order chi connectivity index (χ0) is 17.3. The van der Waals surface area contributed by atoms with Crippen molar-refractivity contribution in [2.75, 3.05) is 19.8 Å². The molecule has 0 radical (unpaired) electrons. The summed E-state index contributed by atoms with van der Waals surface area (Å²) in [5.41, 5.74) is 1.54. The molecule has 2 aromatic carbocycles. The van der Waals surface area contributed by atoms with E-state index in [1.54, 1.807) is 18.2 Å². The van der Waals surface area contributed by atoms with Gasteiger partial charge in [-0.1, -0.05) is 24.3 Å². The number of halogens is 1. The number of benzene rings is 2. The van der Waals surface area contributed by atoms with Crippen molar-refractivity contribution in [3.8, 4) is 11.5 Å². The normalized spacial score (nSPS) is 17.0. The van der Waals surface area contributed by atoms with Crippen LogP contribution in [0.25, 0.3) is 0 Å². The average Bonchev–Trinajstić information content (AvgIpc) is 3.43. The minimum atomic E-state index is -0.342. The van der Waals surface area contributed by atoms with E-state index in [1.165, 1.54) is 6.07 Å². The van der Waals surface area contributed by atoms with Crippen LogP contribution in [0.1, 0.15) is 24.0 Å². The monoisotopic (exact) mass is 341 g/mol. The van der Waals surface area contributed by atoms with E-state index >= 15 is 0 Å². The molecule has 130 valence electrons. The van der Waals surface area contributed by atoms with Crippen LogP contribution in [0.15, 0.2) is 42.5 Å². The predicted molar refractivity (Wildman–Crippen MR) is 91.5 cm³/mol. The summed E-state index contributed by atoms with van der Waals surface area (Å²) in [7, 11) is 0. The highest BCUT2D eigenvalue weighted by atomic mass is 19.1. The Bertz CT molecular complexity index is 801. The van der Waals surface area contributed by atoms with E-state index in [-0.39, 0.29) is 23.6 Å². The lowest BCUT2D eigenvalue weighted by atomic mass is 9.95. The van der Waals surface area contributed by atoms with Crippen molar-refractivity contribution in [3.63, 3.8) is 0 Å². The Balaban J connectivity index is 1.41. The van der Waals surface area contributed by atoms with Crippen molar-refractivity contribution in [2.24, 2.45) is 0 Å². The third kappa shape index (κ3) is 3.31. The first-order valence-corrected chi connectivity index (χ1v) is 8.57. The molecule has 1 N–H and O–H groups in total. The third-order valence-electron chi connectivity index (χ3n) is 4.94. The molecule has 0 aromatic heterocycles. The number of rotatable bonds is 5. The van der Waals surface area contributed by atoms with Crippen LogP contribution < -0.4 is 14.8 Å². The summed E-state index contributed by atoms with van der Waals surface area (Å²) in [6, 6.07) is 12.4. The summed E-state index contributed by atoms with van der Waals surface area (Å²) < 4.78 is 24.9. The van der Waals surface area contributed by atoms with E-state index in [1.807, 2.05) is 18.2 Å². The van der Waals surface area contributed by atoms with Gasteiger partial charge in [0.05, 0.1) is 6.42 Å². The molecule has 2 aliphatic rings. The molecule has 0 saturated heterocycles. The van der Waals surface area contributed by atoms with Gasteiger partial charge in [0.1, 0.15) is 19.0 Å². The lowest BCUT2D eigenvalue weighted by Crippen LogP contribution is -2.33. The van der Waals surface area contributed by atoms with E-state index in [4.69, 9.17) is 9.47 Å². The van der Waals surface area contributed by atoms with Gasteiger partial charge in [0, 0.05) is 12.0 Å².